The van der Waals surface area contributed by atoms with Crippen LogP contribution in [-0.4, -0.2) is 24.1 Å². The molecule has 0 saturated heterocycles. The number of carbonyl (C=O) groups excluding carboxylic acids is 2. The van der Waals surface area contributed by atoms with Crippen molar-refractivity contribution in [3.05, 3.63) is 56.2 Å². The summed E-state index contributed by atoms with van der Waals surface area (Å²) in [5, 5.41) is 12.0. The lowest BCUT2D eigenvalue weighted by atomic mass is 10.1. The van der Waals surface area contributed by atoms with Crippen molar-refractivity contribution in [3.8, 4) is 5.75 Å². The number of carbonyl (C=O) groups is 2. The van der Waals surface area contributed by atoms with Crippen molar-refractivity contribution in [1.29, 1.82) is 0 Å². The molecule has 0 radical (unpaired) electrons. The number of rotatable bonds is 3. The molecule has 0 spiro atoms. The third kappa shape index (κ3) is 3.89. The molecule has 0 atom stereocenters. The van der Waals surface area contributed by atoms with E-state index >= 15 is 0 Å². The van der Waals surface area contributed by atoms with Gasteiger partial charge in [0.05, 0.1) is 27.3 Å². The number of nitrogens with one attached hydrogen (secondary N) is 1. The van der Waals surface area contributed by atoms with Crippen molar-refractivity contribution in [1.82, 2.24) is 0 Å². The van der Waals surface area contributed by atoms with Gasteiger partial charge in [0.1, 0.15) is 11.6 Å². The molecule has 2 aromatic carbocycles. The average molecular weight is 447 g/mol. The van der Waals surface area contributed by atoms with Crippen molar-refractivity contribution in [2.75, 3.05) is 12.4 Å². The number of hydrogen-bond acceptors (Lipinski definition) is 4. The van der Waals surface area contributed by atoms with Crippen LogP contribution in [0, 0.1) is 5.82 Å². The van der Waals surface area contributed by atoms with Crippen molar-refractivity contribution in [3.63, 3.8) is 0 Å². The molecule has 2 aromatic rings. The molecule has 0 bridgehead atoms. The van der Waals surface area contributed by atoms with Crippen LogP contribution in [0.25, 0.3) is 0 Å². The summed E-state index contributed by atoms with van der Waals surface area (Å²) in [6, 6.07) is 6.38. The minimum absolute atomic E-state index is 0.0399. The summed E-state index contributed by atoms with van der Waals surface area (Å²) in [7, 11) is 1.19. The topological polar surface area (TPSA) is 75.6 Å². The molecule has 0 fully saturated rings. The Hall–Kier alpha value is -1.93. The van der Waals surface area contributed by atoms with E-state index < -0.39 is 17.7 Å². The Kier molecular flexibility index (Phi) is 5.38. The summed E-state index contributed by atoms with van der Waals surface area (Å²) in [5.41, 5.74) is 0.166. The maximum atomic E-state index is 14.0. The number of amides is 1. The van der Waals surface area contributed by atoms with Gasteiger partial charge in [-0.2, -0.15) is 0 Å². The lowest BCUT2D eigenvalue weighted by Crippen LogP contribution is -2.13. The molecule has 0 aliphatic carbocycles. The fourth-order valence-corrected chi connectivity index (χ4v) is 2.94. The first-order valence-corrected chi connectivity index (χ1v) is 7.79. The summed E-state index contributed by atoms with van der Waals surface area (Å²) in [5.74, 6) is -2.06. The van der Waals surface area contributed by atoms with Crippen LogP contribution in [0.2, 0.25) is 0 Å². The number of ether oxygens (including phenoxy) is 1. The number of phenolic OH excluding ortho intramolecular Hbond substituents is 1. The number of aromatic hydroxyl groups is 1. The van der Waals surface area contributed by atoms with Gasteiger partial charge >= 0.3 is 5.97 Å². The highest BCUT2D eigenvalue weighted by Gasteiger charge is 2.15. The highest BCUT2D eigenvalue weighted by atomic mass is 79.9. The van der Waals surface area contributed by atoms with Crippen LogP contribution in [0.5, 0.6) is 5.75 Å². The van der Waals surface area contributed by atoms with E-state index in [0.29, 0.717) is 8.95 Å². The van der Waals surface area contributed by atoms with E-state index in [2.05, 4.69) is 41.9 Å². The second-order valence-corrected chi connectivity index (χ2v) is 6.14. The summed E-state index contributed by atoms with van der Waals surface area (Å²) in [6.45, 7) is 0. The summed E-state index contributed by atoms with van der Waals surface area (Å²) in [6.07, 6.45) is 0. The van der Waals surface area contributed by atoms with Gasteiger partial charge < -0.3 is 15.2 Å². The minimum atomic E-state index is -0.766. The normalized spacial score (nSPS) is 10.3. The highest BCUT2D eigenvalue weighted by molar-refractivity contribution is 9.11. The van der Waals surface area contributed by atoms with Crippen LogP contribution in [0.15, 0.2) is 39.3 Å². The smallest absolute Gasteiger partial charge is 0.337 e. The first-order valence-electron chi connectivity index (χ1n) is 6.20. The first-order chi connectivity index (χ1) is 10.8. The fraction of sp³-hybridized carbons (Fsp3) is 0.0667. The second kappa shape index (κ2) is 7.10. The van der Waals surface area contributed by atoms with Gasteiger partial charge in [0.25, 0.3) is 5.91 Å². The Morgan fingerprint density at radius 1 is 1.13 bits per heavy atom. The van der Waals surface area contributed by atoms with E-state index in [1.165, 1.54) is 31.4 Å². The zero-order valence-electron chi connectivity index (χ0n) is 11.7. The van der Waals surface area contributed by atoms with Gasteiger partial charge in [-0.05, 0) is 62.2 Å². The molecule has 0 aliphatic rings. The van der Waals surface area contributed by atoms with E-state index in [9.17, 15) is 19.1 Å². The molecule has 1 amide bonds. The Labute approximate surface area is 147 Å². The number of methoxy groups -OCH3 is 1. The molecule has 0 heterocycles. The monoisotopic (exact) mass is 445 g/mol. The standard InChI is InChI=1S/C15H10Br2FNO4/c1-23-15(22)7-2-3-12(11(18)6-7)19-14(21)8-4-9(16)13(20)10(17)5-8/h2-6,20H,1H3,(H,19,21). The van der Waals surface area contributed by atoms with Gasteiger partial charge in [-0.25, -0.2) is 9.18 Å². The minimum Gasteiger partial charge on any atom is -0.506 e. The molecule has 23 heavy (non-hydrogen) atoms. The maximum Gasteiger partial charge on any atom is 0.337 e. The number of phenols is 1. The van der Waals surface area contributed by atoms with Crippen LogP contribution < -0.4 is 5.32 Å². The van der Waals surface area contributed by atoms with Crippen molar-refractivity contribution < 1.29 is 23.8 Å². The Bertz CT molecular complexity index is 772. The third-order valence-electron chi connectivity index (χ3n) is 2.92. The zero-order valence-corrected chi connectivity index (χ0v) is 14.9. The number of esters is 1. The van der Waals surface area contributed by atoms with Crippen LogP contribution in [-0.2, 0) is 4.74 Å². The first kappa shape index (κ1) is 17.4. The highest BCUT2D eigenvalue weighted by Crippen LogP contribution is 2.33. The van der Waals surface area contributed by atoms with Gasteiger partial charge in [0, 0.05) is 5.56 Å². The molecule has 2 rings (SSSR count). The second-order valence-electron chi connectivity index (χ2n) is 4.43. The molecule has 0 aliphatic heterocycles. The Morgan fingerprint density at radius 2 is 1.74 bits per heavy atom. The van der Waals surface area contributed by atoms with Gasteiger partial charge in [-0.15, -0.1) is 0 Å². The molecule has 0 unspecified atom stereocenters. The Balaban J connectivity index is 2.25. The number of anilines is 1. The van der Waals surface area contributed by atoms with E-state index in [0.717, 1.165) is 6.07 Å². The summed E-state index contributed by atoms with van der Waals surface area (Å²) < 4.78 is 19.1. The SMILES string of the molecule is COC(=O)c1ccc(NC(=O)c2cc(Br)c(O)c(Br)c2)c(F)c1. The lowest BCUT2D eigenvalue weighted by Gasteiger charge is -2.09. The molecule has 2 N–H and O–H groups in total. The zero-order chi connectivity index (χ0) is 17.1. The molecule has 8 heteroatoms. The van der Waals surface area contributed by atoms with Gasteiger partial charge in [-0.3, -0.25) is 4.79 Å². The number of benzene rings is 2. The quantitative estimate of drug-likeness (QED) is 0.696. The molecule has 0 aromatic heterocycles. The van der Waals surface area contributed by atoms with E-state index in [1.807, 2.05) is 0 Å². The largest absolute Gasteiger partial charge is 0.506 e. The number of hydrogen-bond donors (Lipinski definition) is 2. The van der Waals surface area contributed by atoms with Crippen molar-refractivity contribution in [2.24, 2.45) is 0 Å². The number of halogens is 3. The van der Waals surface area contributed by atoms with Gasteiger partial charge in [0.2, 0.25) is 0 Å². The van der Waals surface area contributed by atoms with Gasteiger partial charge in [-0.1, -0.05) is 0 Å². The molecular formula is C15H10Br2FNO4. The summed E-state index contributed by atoms with van der Waals surface area (Å²) >= 11 is 6.23. The average Bonchev–Trinajstić information content (AvgIpc) is 2.53. The summed E-state index contributed by atoms with van der Waals surface area (Å²) in [4.78, 5) is 23.5. The maximum absolute atomic E-state index is 14.0. The van der Waals surface area contributed by atoms with Crippen LogP contribution in [0.4, 0.5) is 10.1 Å². The van der Waals surface area contributed by atoms with Crippen LogP contribution >= 0.6 is 31.9 Å². The molecule has 120 valence electrons. The van der Waals surface area contributed by atoms with E-state index in [-0.39, 0.29) is 22.6 Å². The van der Waals surface area contributed by atoms with Gasteiger partial charge in [0.15, 0.2) is 0 Å². The predicted molar refractivity (Wildman–Crippen MR) is 89.2 cm³/mol. The Morgan fingerprint density at radius 3 is 2.26 bits per heavy atom. The van der Waals surface area contributed by atoms with Crippen LogP contribution in [0.3, 0.4) is 0 Å². The molecule has 0 saturated carbocycles. The van der Waals surface area contributed by atoms with Crippen LogP contribution in [0.1, 0.15) is 20.7 Å². The van der Waals surface area contributed by atoms with Crippen molar-refractivity contribution >= 4 is 49.4 Å². The fourth-order valence-electron chi connectivity index (χ4n) is 1.75. The van der Waals surface area contributed by atoms with E-state index in [1.54, 1.807) is 0 Å². The predicted octanol–water partition coefficient (Wildman–Crippen LogP) is 4.10. The third-order valence-corrected chi connectivity index (χ3v) is 4.13. The van der Waals surface area contributed by atoms with Crippen molar-refractivity contribution in [2.45, 2.75) is 0 Å². The lowest BCUT2D eigenvalue weighted by molar-refractivity contribution is 0.0600. The molecule has 5 nitrogen and oxygen atoms in total. The molecular weight excluding hydrogens is 437 g/mol. The van der Waals surface area contributed by atoms with E-state index in [4.69, 9.17) is 0 Å².